The lowest BCUT2D eigenvalue weighted by molar-refractivity contribution is -0.143. The minimum Gasteiger partial charge on any atom is -0.347 e. The number of piperidine rings is 2. The largest absolute Gasteiger partial charge is 0.347 e. The molecule has 0 unspecified atom stereocenters. The zero-order valence-corrected chi connectivity index (χ0v) is 16.8. The summed E-state index contributed by atoms with van der Waals surface area (Å²) >= 11 is 0. The first-order valence-electron chi connectivity index (χ1n) is 10.1. The predicted octanol–water partition coefficient (Wildman–Crippen LogP) is 1.58. The van der Waals surface area contributed by atoms with Gasteiger partial charge in [0.25, 0.3) is 0 Å². The lowest BCUT2D eigenvalue weighted by Gasteiger charge is -2.47. The minimum atomic E-state index is -0.122. The lowest BCUT2D eigenvalue weighted by atomic mass is 9.72. The van der Waals surface area contributed by atoms with E-state index in [9.17, 15) is 14.4 Å². The van der Waals surface area contributed by atoms with Gasteiger partial charge in [-0.05, 0) is 42.4 Å². The number of carbonyl (C=O) groups excluding carboxylic acids is 3. The first-order chi connectivity index (χ1) is 13.4. The van der Waals surface area contributed by atoms with Gasteiger partial charge in [0.05, 0.1) is 6.54 Å². The molecule has 0 bridgehead atoms. The number of rotatable bonds is 5. The minimum absolute atomic E-state index is 0.0237. The van der Waals surface area contributed by atoms with Gasteiger partial charge in [0.1, 0.15) is 0 Å². The van der Waals surface area contributed by atoms with Crippen molar-refractivity contribution in [2.45, 2.75) is 46.1 Å². The Hall–Kier alpha value is -2.44. The molecule has 3 heterocycles. The molecule has 1 aromatic rings. The topological polar surface area (TPSA) is 82.6 Å². The zero-order chi connectivity index (χ0) is 20.1. The molecule has 0 aliphatic carbocycles. The molecule has 7 nitrogen and oxygen atoms in total. The highest BCUT2D eigenvalue weighted by molar-refractivity contribution is 5.85. The fraction of sp³-hybridized carbons (Fsp3) is 0.619. The molecule has 3 amide bonds. The molecular weight excluding hydrogens is 356 g/mol. The van der Waals surface area contributed by atoms with Crippen molar-refractivity contribution >= 4 is 17.7 Å². The predicted molar refractivity (Wildman–Crippen MR) is 105 cm³/mol. The number of aromatic nitrogens is 1. The second-order valence-corrected chi connectivity index (χ2v) is 8.36. The van der Waals surface area contributed by atoms with Crippen LogP contribution < -0.4 is 5.32 Å². The van der Waals surface area contributed by atoms with Gasteiger partial charge >= 0.3 is 0 Å². The van der Waals surface area contributed by atoms with E-state index in [-0.39, 0.29) is 35.6 Å². The van der Waals surface area contributed by atoms with Crippen LogP contribution in [0.3, 0.4) is 0 Å². The maximum absolute atomic E-state index is 12.4. The summed E-state index contributed by atoms with van der Waals surface area (Å²) in [4.78, 5) is 44.3. The lowest BCUT2D eigenvalue weighted by Crippen LogP contribution is -2.53. The Morgan fingerprint density at radius 2 is 1.86 bits per heavy atom. The van der Waals surface area contributed by atoms with Gasteiger partial charge in [-0.15, -0.1) is 0 Å². The summed E-state index contributed by atoms with van der Waals surface area (Å²) in [5, 5.41) is 2.70. The highest BCUT2D eigenvalue weighted by Gasteiger charge is 2.41. The van der Waals surface area contributed by atoms with Crippen molar-refractivity contribution in [3.63, 3.8) is 0 Å². The normalized spacial score (nSPS) is 19.2. The van der Waals surface area contributed by atoms with Gasteiger partial charge in [-0.2, -0.15) is 0 Å². The molecule has 0 atom stereocenters. The van der Waals surface area contributed by atoms with Gasteiger partial charge in [0.2, 0.25) is 17.7 Å². The molecule has 2 saturated heterocycles. The first-order valence-corrected chi connectivity index (χ1v) is 10.1. The van der Waals surface area contributed by atoms with Crippen molar-refractivity contribution < 1.29 is 14.4 Å². The average Bonchev–Trinajstić information content (AvgIpc) is 2.70. The number of pyridine rings is 1. The Bertz CT molecular complexity index is 712. The van der Waals surface area contributed by atoms with Crippen LogP contribution >= 0.6 is 0 Å². The van der Waals surface area contributed by atoms with E-state index in [1.807, 2.05) is 35.8 Å². The number of likely N-dealkylation sites (tertiary alicyclic amines) is 2. The van der Waals surface area contributed by atoms with Crippen LogP contribution in [0.25, 0.3) is 0 Å². The van der Waals surface area contributed by atoms with Crippen LogP contribution in [0, 0.1) is 11.3 Å². The monoisotopic (exact) mass is 386 g/mol. The standard InChI is InChI=1S/C21H30N4O3/c1-16(2)20(28)23-13-19(27)24-11-7-21(8-12-24)6-3-18(26)25(15-21)14-17-4-9-22-10-5-17/h4-5,9-10,16H,3,6-8,11-15H2,1-2H3,(H,23,28). The summed E-state index contributed by atoms with van der Waals surface area (Å²) in [5.41, 5.74) is 1.19. The molecule has 0 radical (unpaired) electrons. The number of amides is 3. The summed E-state index contributed by atoms with van der Waals surface area (Å²) in [5.74, 6) is -0.0373. The molecule has 0 aromatic carbocycles. The molecule has 152 valence electrons. The Kier molecular flexibility index (Phi) is 6.31. The fourth-order valence-corrected chi connectivity index (χ4v) is 4.07. The molecule has 1 aromatic heterocycles. The molecule has 2 aliphatic heterocycles. The Morgan fingerprint density at radius 3 is 2.50 bits per heavy atom. The molecular formula is C21H30N4O3. The van der Waals surface area contributed by atoms with Gasteiger partial charge in [-0.1, -0.05) is 13.8 Å². The van der Waals surface area contributed by atoms with Crippen LogP contribution in [0.2, 0.25) is 0 Å². The van der Waals surface area contributed by atoms with Crippen LogP contribution in [-0.2, 0) is 20.9 Å². The van der Waals surface area contributed by atoms with E-state index in [0.717, 1.165) is 31.4 Å². The first kappa shape index (κ1) is 20.3. The van der Waals surface area contributed by atoms with E-state index < -0.39 is 0 Å². The van der Waals surface area contributed by atoms with Crippen molar-refractivity contribution in [2.24, 2.45) is 11.3 Å². The quantitative estimate of drug-likeness (QED) is 0.833. The summed E-state index contributed by atoms with van der Waals surface area (Å²) in [6.07, 6.45) is 6.77. The molecule has 0 saturated carbocycles. The van der Waals surface area contributed by atoms with E-state index in [1.165, 1.54) is 0 Å². The van der Waals surface area contributed by atoms with Crippen molar-refractivity contribution in [3.8, 4) is 0 Å². The third kappa shape index (κ3) is 4.88. The molecule has 28 heavy (non-hydrogen) atoms. The smallest absolute Gasteiger partial charge is 0.241 e. The van der Waals surface area contributed by atoms with Gasteiger partial charge in [0.15, 0.2) is 0 Å². The third-order valence-electron chi connectivity index (χ3n) is 5.99. The van der Waals surface area contributed by atoms with Crippen LogP contribution in [0.15, 0.2) is 24.5 Å². The van der Waals surface area contributed by atoms with E-state index in [4.69, 9.17) is 0 Å². The molecule has 2 aliphatic rings. The second-order valence-electron chi connectivity index (χ2n) is 8.36. The molecule has 2 fully saturated rings. The van der Waals surface area contributed by atoms with Crippen LogP contribution in [0.1, 0.15) is 45.1 Å². The van der Waals surface area contributed by atoms with Crippen LogP contribution in [-0.4, -0.2) is 58.7 Å². The number of hydrogen-bond acceptors (Lipinski definition) is 4. The van der Waals surface area contributed by atoms with Gasteiger partial charge in [-0.25, -0.2) is 0 Å². The van der Waals surface area contributed by atoms with E-state index in [0.29, 0.717) is 26.1 Å². The number of hydrogen-bond donors (Lipinski definition) is 1. The summed E-state index contributed by atoms with van der Waals surface area (Å²) in [7, 11) is 0. The van der Waals surface area contributed by atoms with E-state index in [1.54, 1.807) is 12.4 Å². The fourth-order valence-electron chi connectivity index (χ4n) is 4.07. The summed E-state index contributed by atoms with van der Waals surface area (Å²) < 4.78 is 0. The second kappa shape index (κ2) is 8.71. The third-order valence-corrected chi connectivity index (χ3v) is 5.99. The van der Waals surface area contributed by atoms with E-state index in [2.05, 4.69) is 10.3 Å². The van der Waals surface area contributed by atoms with Crippen molar-refractivity contribution in [1.29, 1.82) is 0 Å². The van der Waals surface area contributed by atoms with Crippen molar-refractivity contribution in [1.82, 2.24) is 20.1 Å². The summed E-state index contributed by atoms with van der Waals surface area (Å²) in [6.45, 7) is 6.43. The maximum Gasteiger partial charge on any atom is 0.241 e. The molecule has 1 N–H and O–H groups in total. The highest BCUT2D eigenvalue weighted by atomic mass is 16.2. The average molecular weight is 386 g/mol. The Labute approximate surface area is 166 Å². The Morgan fingerprint density at radius 1 is 1.18 bits per heavy atom. The molecule has 1 spiro atoms. The SMILES string of the molecule is CC(C)C(=O)NCC(=O)N1CCC2(CCC(=O)N(Cc3ccncc3)C2)CC1. The number of carbonyl (C=O) groups is 3. The van der Waals surface area contributed by atoms with Crippen LogP contribution in [0.5, 0.6) is 0 Å². The summed E-state index contributed by atoms with van der Waals surface area (Å²) in [6, 6.07) is 3.89. The molecule has 3 rings (SSSR count). The van der Waals surface area contributed by atoms with Crippen LogP contribution in [0.4, 0.5) is 0 Å². The number of nitrogens with zero attached hydrogens (tertiary/aromatic N) is 3. The van der Waals surface area contributed by atoms with Crippen molar-refractivity contribution in [2.75, 3.05) is 26.2 Å². The zero-order valence-electron chi connectivity index (χ0n) is 16.8. The van der Waals surface area contributed by atoms with Crippen molar-refractivity contribution in [3.05, 3.63) is 30.1 Å². The maximum atomic E-state index is 12.4. The van der Waals surface area contributed by atoms with E-state index >= 15 is 0 Å². The molecule has 7 heteroatoms. The number of nitrogens with one attached hydrogen (secondary N) is 1. The Balaban J connectivity index is 1.53. The van der Waals surface area contributed by atoms with Gasteiger partial charge in [0, 0.05) is 50.9 Å². The van der Waals surface area contributed by atoms with Gasteiger partial charge in [-0.3, -0.25) is 19.4 Å². The highest BCUT2D eigenvalue weighted by Crippen LogP contribution is 2.40. The van der Waals surface area contributed by atoms with Gasteiger partial charge < -0.3 is 15.1 Å².